The number of hydrogen-bond donors (Lipinski definition) is 0. The van der Waals surface area contributed by atoms with E-state index < -0.39 is 0 Å². The maximum atomic E-state index is 6.32. The van der Waals surface area contributed by atoms with E-state index in [0.29, 0.717) is 17.5 Å². The lowest BCUT2D eigenvalue weighted by molar-refractivity contribution is 0.668. The number of furan rings is 2. The zero-order chi connectivity index (χ0) is 42.6. The number of pyridine rings is 1. The van der Waals surface area contributed by atoms with Crippen LogP contribution in [0.25, 0.3) is 142 Å². The molecule has 0 radical (unpaired) electrons. The van der Waals surface area contributed by atoms with Gasteiger partial charge in [-0.2, -0.15) is 0 Å². The fourth-order valence-electron chi connectivity index (χ4n) is 9.65. The van der Waals surface area contributed by atoms with E-state index in [1.165, 1.54) is 25.6 Å². The number of nitrogens with zero attached hydrogens (tertiary/aromatic N) is 4. The first-order valence-corrected chi connectivity index (χ1v) is 22.4. The fraction of sp³-hybridized carbons (Fsp3) is 0. The molecule has 5 heterocycles. The minimum atomic E-state index is 0.552. The zero-order valence-corrected chi connectivity index (χ0v) is 35.3. The van der Waals surface area contributed by atoms with Gasteiger partial charge in [0.1, 0.15) is 22.3 Å². The van der Waals surface area contributed by atoms with Gasteiger partial charge in [-0.1, -0.05) is 140 Å². The monoisotopic (exact) mass is 848 g/mol. The molecular formula is C58H32N4O2S. The molecule has 0 amide bonds. The third-order valence-electron chi connectivity index (χ3n) is 12.7. The van der Waals surface area contributed by atoms with E-state index in [9.17, 15) is 0 Å². The quantitative estimate of drug-likeness (QED) is 0.161. The summed E-state index contributed by atoms with van der Waals surface area (Å²) in [6.45, 7) is 0. The van der Waals surface area contributed by atoms with E-state index in [-0.39, 0.29) is 0 Å². The third-order valence-corrected chi connectivity index (χ3v) is 13.9. The van der Waals surface area contributed by atoms with Gasteiger partial charge < -0.3 is 8.83 Å². The molecule has 5 aromatic heterocycles. The smallest absolute Gasteiger partial charge is 0.164 e. The Bertz CT molecular complexity index is 4110. The van der Waals surface area contributed by atoms with Crippen LogP contribution in [-0.2, 0) is 0 Å². The molecule has 0 saturated heterocycles. The van der Waals surface area contributed by atoms with Crippen molar-refractivity contribution in [3.05, 3.63) is 194 Å². The van der Waals surface area contributed by atoms with Crippen LogP contribution in [0.4, 0.5) is 0 Å². The Morgan fingerprint density at radius 2 is 0.831 bits per heavy atom. The minimum Gasteiger partial charge on any atom is -0.456 e. The van der Waals surface area contributed by atoms with E-state index in [2.05, 4.69) is 146 Å². The van der Waals surface area contributed by atoms with Gasteiger partial charge >= 0.3 is 0 Å². The summed E-state index contributed by atoms with van der Waals surface area (Å²) in [5, 5.41) is 10.3. The van der Waals surface area contributed by atoms with Crippen molar-refractivity contribution in [3.8, 4) is 56.5 Å². The number of para-hydroxylation sites is 3. The lowest BCUT2D eigenvalue weighted by Gasteiger charge is -2.15. The Kier molecular flexibility index (Phi) is 7.75. The van der Waals surface area contributed by atoms with Gasteiger partial charge in [-0.15, -0.1) is 11.3 Å². The second-order valence-electron chi connectivity index (χ2n) is 16.5. The van der Waals surface area contributed by atoms with E-state index in [0.717, 1.165) is 99.2 Å². The number of thiophene rings is 1. The first-order valence-electron chi connectivity index (χ1n) is 21.6. The standard InChI is InChI=1S/C58H32N4O2S/c1-2-12-34(13-3-1)54-45-32-44(55-53(43-17-7-11-21-51(43)65-55)52(45)42-16-4-8-18-46(42)59-54)33-22-24-35(25-23-33)56-60-57(36-26-28-40-38-14-5-9-19-47(38)63-49(40)30-36)62-58(61-56)37-27-29-41-39-15-6-10-20-48(39)64-50(41)31-37/h1-32H. The second kappa shape index (κ2) is 14.0. The Morgan fingerprint density at radius 1 is 0.323 bits per heavy atom. The van der Waals surface area contributed by atoms with Gasteiger partial charge in [-0.05, 0) is 60.2 Å². The molecule has 14 rings (SSSR count). The summed E-state index contributed by atoms with van der Waals surface area (Å²) >= 11 is 1.84. The van der Waals surface area contributed by atoms with Gasteiger partial charge in [0.2, 0.25) is 0 Å². The minimum absolute atomic E-state index is 0.552. The number of benzene rings is 9. The molecule has 0 unspecified atom stereocenters. The molecule has 65 heavy (non-hydrogen) atoms. The summed E-state index contributed by atoms with van der Waals surface area (Å²) in [7, 11) is 0. The highest BCUT2D eigenvalue weighted by atomic mass is 32.1. The van der Waals surface area contributed by atoms with Crippen molar-refractivity contribution in [3.63, 3.8) is 0 Å². The topological polar surface area (TPSA) is 77.8 Å². The van der Waals surface area contributed by atoms with Gasteiger partial charge in [-0.3, -0.25) is 0 Å². The number of fused-ring (bicyclic) bond motifs is 13. The van der Waals surface area contributed by atoms with E-state index >= 15 is 0 Å². The highest BCUT2D eigenvalue weighted by Gasteiger charge is 2.21. The number of rotatable bonds is 5. The molecule has 9 aromatic carbocycles. The van der Waals surface area contributed by atoms with Crippen LogP contribution >= 0.6 is 11.3 Å². The SMILES string of the molecule is c1ccc(-c2nc3ccccc3c3c2cc(-c2ccc(-c4nc(-c5ccc6c(c5)oc5ccccc56)nc(-c5ccc6c(c5)oc5ccccc56)n4)cc2)c2sc4ccccc4c23)cc1. The molecule has 0 aliphatic carbocycles. The normalized spacial score (nSPS) is 12.0. The van der Waals surface area contributed by atoms with Crippen LogP contribution in [0.2, 0.25) is 0 Å². The van der Waals surface area contributed by atoms with E-state index in [1.807, 2.05) is 59.9 Å². The van der Waals surface area contributed by atoms with Gasteiger partial charge in [0, 0.05) is 85.7 Å². The van der Waals surface area contributed by atoms with Crippen LogP contribution in [0.5, 0.6) is 0 Å². The fourth-order valence-corrected chi connectivity index (χ4v) is 10.9. The summed E-state index contributed by atoms with van der Waals surface area (Å²) in [4.78, 5) is 20.8. The molecule has 0 atom stereocenters. The molecule has 302 valence electrons. The first kappa shape index (κ1) is 36.0. The molecular weight excluding hydrogens is 817 g/mol. The van der Waals surface area contributed by atoms with Gasteiger partial charge in [0.15, 0.2) is 17.5 Å². The Hall–Kier alpha value is -8.52. The Labute approximate surface area is 374 Å². The average molecular weight is 849 g/mol. The van der Waals surface area contributed by atoms with Crippen molar-refractivity contribution in [2.75, 3.05) is 0 Å². The first-order chi connectivity index (χ1) is 32.2. The highest BCUT2D eigenvalue weighted by molar-refractivity contribution is 7.26. The van der Waals surface area contributed by atoms with Gasteiger partial charge in [0.05, 0.1) is 11.2 Å². The maximum absolute atomic E-state index is 6.32. The van der Waals surface area contributed by atoms with Crippen LogP contribution in [0.1, 0.15) is 0 Å². The number of hydrogen-bond acceptors (Lipinski definition) is 7. The van der Waals surface area contributed by atoms with Crippen LogP contribution in [0.3, 0.4) is 0 Å². The second-order valence-corrected chi connectivity index (χ2v) is 17.5. The van der Waals surface area contributed by atoms with Gasteiger partial charge in [-0.25, -0.2) is 19.9 Å². The Morgan fingerprint density at radius 3 is 1.49 bits per heavy atom. The summed E-state index contributed by atoms with van der Waals surface area (Å²) in [5.74, 6) is 1.67. The van der Waals surface area contributed by atoms with Crippen LogP contribution in [-0.4, -0.2) is 19.9 Å². The predicted octanol–water partition coefficient (Wildman–Crippen LogP) is 16.1. The maximum Gasteiger partial charge on any atom is 0.164 e. The Balaban J connectivity index is 0.958. The number of aromatic nitrogens is 4. The van der Waals surface area contributed by atoms with Crippen molar-refractivity contribution >= 4 is 97.1 Å². The molecule has 6 nitrogen and oxygen atoms in total. The molecule has 7 heteroatoms. The largest absolute Gasteiger partial charge is 0.456 e. The van der Waals surface area contributed by atoms with Crippen LogP contribution in [0.15, 0.2) is 203 Å². The van der Waals surface area contributed by atoms with E-state index in [4.69, 9.17) is 28.8 Å². The molecule has 14 aromatic rings. The molecule has 0 N–H and O–H groups in total. The summed E-state index contributed by atoms with van der Waals surface area (Å²) < 4.78 is 15.1. The highest BCUT2D eigenvalue weighted by Crippen LogP contribution is 2.48. The lowest BCUT2D eigenvalue weighted by atomic mass is 9.92. The van der Waals surface area contributed by atoms with Crippen molar-refractivity contribution < 1.29 is 8.83 Å². The molecule has 0 bridgehead atoms. The summed E-state index contributed by atoms with van der Waals surface area (Å²) in [5.41, 5.74) is 11.1. The summed E-state index contributed by atoms with van der Waals surface area (Å²) in [6.07, 6.45) is 0. The predicted molar refractivity (Wildman–Crippen MR) is 267 cm³/mol. The summed E-state index contributed by atoms with van der Waals surface area (Å²) in [6, 6.07) is 67.4. The molecule has 0 saturated carbocycles. The average Bonchev–Trinajstić information content (AvgIpc) is 4.07. The lowest BCUT2D eigenvalue weighted by Crippen LogP contribution is -2.00. The van der Waals surface area contributed by atoms with Gasteiger partial charge in [0.25, 0.3) is 0 Å². The molecule has 0 aliphatic heterocycles. The molecule has 0 aliphatic rings. The van der Waals surface area contributed by atoms with Crippen molar-refractivity contribution in [2.24, 2.45) is 0 Å². The molecule has 0 fully saturated rings. The molecule has 0 spiro atoms. The zero-order valence-electron chi connectivity index (χ0n) is 34.5. The van der Waals surface area contributed by atoms with E-state index in [1.54, 1.807) is 0 Å². The van der Waals surface area contributed by atoms with Crippen molar-refractivity contribution in [2.45, 2.75) is 0 Å². The third kappa shape index (κ3) is 5.66. The van der Waals surface area contributed by atoms with Crippen LogP contribution < -0.4 is 0 Å². The van der Waals surface area contributed by atoms with Crippen molar-refractivity contribution in [1.29, 1.82) is 0 Å². The van der Waals surface area contributed by atoms with Crippen molar-refractivity contribution in [1.82, 2.24) is 19.9 Å². The van der Waals surface area contributed by atoms with Crippen LogP contribution in [0, 0.1) is 0 Å².